The summed E-state index contributed by atoms with van der Waals surface area (Å²) in [5, 5.41) is 53.6. The van der Waals surface area contributed by atoms with Crippen LogP contribution in [0.2, 0.25) is 0 Å². The molecule has 46 heavy (non-hydrogen) atoms. The van der Waals surface area contributed by atoms with Crippen LogP contribution in [-0.4, -0.2) is 87.5 Å². The van der Waals surface area contributed by atoms with E-state index >= 15 is 0 Å². The van der Waals surface area contributed by atoms with Crippen molar-refractivity contribution in [2.24, 2.45) is 0 Å². The van der Waals surface area contributed by atoms with E-state index in [1.54, 1.807) is 6.08 Å². The third-order valence-electron chi connectivity index (χ3n) is 7.82. The lowest BCUT2D eigenvalue weighted by molar-refractivity contribution is -0.302. The molecule has 7 unspecified atom stereocenters. The molecule has 0 spiro atoms. The Morgan fingerprint density at radius 3 is 2.04 bits per heavy atom. The van der Waals surface area contributed by atoms with Gasteiger partial charge < -0.3 is 40.3 Å². The number of aliphatic hydroxyl groups is 5. The molecule has 9 nitrogen and oxygen atoms in total. The van der Waals surface area contributed by atoms with Crippen molar-refractivity contribution < 1.29 is 39.8 Å². The summed E-state index contributed by atoms with van der Waals surface area (Å²) in [5.41, 5.74) is 0. The van der Waals surface area contributed by atoms with Crippen LogP contribution in [0, 0.1) is 0 Å². The van der Waals surface area contributed by atoms with Crippen LogP contribution in [0.5, 0.6) is 0 Å². The molecule has 1 amide bonds. The zero-order valence-electron chi connectivity index (χ0n) is 28.3. The third kappa shape index (κ3) is 19.5. The van der Waals surface area contributed by atoms with Crippen molar-refractivity contribution in [1.29, 1.82) is 0 Å². The van der Waals surface area contributed by atoms with E-state index in [1.807, 2.05) is 18.2 Å². The van der Waals surface area contributed by atoms with Gasteiger partial charge in [-0.15, -0.1) is 0 Å². The Hall–Kier alpha value is -2.11. The number of allylic oxidation sites excluding steroid dienone is 9. The molecule has 0 aromatic heterocycles. The SMILES string of the molecule is CC/C=C/CC/C=C/CC/C=C/C(O)C(COC1OC(CO)C(O)C(O)C1O)NC(=O)CC/C=C\C/C=C\CCCCCCCC. The van der Waals surface area contributed by atoms with E-state index in [9.17, 15) is 30.3 Å². The summed E-state index contributed by atoms with van der Waals surface area (Å²) in [5.74, 6) is -0.266. The minimum absolute atomic E-state index is 0.225. The van der Waals surface area contributed by atoms with Crippen LogP contribution in [0.1, 0.15) is 110 Å². The van der Waals surface area contributed by atoms with Crippen molar-refractivity contribution in [3.63, 3.8) is 0 Å². The molecular formula is C37H63NO8. The Bertz CT molecular complexity index is 900. The highest BCUT2D eigenvalue weighted by Crippen LogP contribution is 2.22. The van der Waals surface area contributed by atoms with Crippen LogP contribution >= 0.6 is 0 Å². The first-order valence-corrected chi connectivity index (χ1v) is 17.5. The van der Waals surface area contributed by atoms with Crippen molar-refractivity contribution in [2.75, 3.05) is 13.2 Å². The van der Waals surface area contributed by atoms with E-state index < -0.39 is 49.5 Å². The number of hydrogen-bond donors (Lipinski definition) is 6. The summed E-state index contributed by atoms with van der Waals surface area (Å²) in [4.78, 5) is 12.8. The van der Waals surface area contributed by atoms with E-state index in [4.69, 9.17) is 9.47 Å². The Labute approximate surface area is 277 Å². The lowest BCUT2D eigenvalue weighted by Gasteiger charge is -2.40. The second kappa shape index (κ2) is 28.0. The van der Waals surface area contributed by atoms with Crippen LogP contribution in [0.3, 0.4) is 0 Å². The predicted molar refractivity (Wildman–Crippen MR) is 184 cm³/mol. The fourth-order valence-corrected chi connectivity index (χ4v) is 4.95. The number of carbonyl (C=O) groups is 1. The smallest absolute Gasteiger partial charge is 0.220 e. The molecule has 1 aliphatic rings. The van der Waals surface area contributed by atoms with Gasteiger partial charge in [-0.25, -0.2) is 0 Å². The van der Waals surface area contributed by atoms with Crippen LogP contribution in [0.4, 0.5) is 0 Å². The first-order valence-electron chi connectivity index (χ1n) is 17.5. The topological polar surface area (TPSA) is 149 Å². The summed E-state index contributed by atoms with van der Waals surface area (Å²) in [7, 11) is 0. The van der Waals surface area contributed by atoms with Gasteiger partial charge in [-0.1, -0.05) is 107 Å². The van der Waals surface area contributed by atoms with Crippen molar-refractivity contribution in [3.8, 4) is 0 Å². The van der Waals surface area contributed by atoms with Crippen molar-refractivity contribution in [2.45, 2.75) is 153 Å². The highest BCUT2D eigenvalue weighted by atomic mass is 16.7. The average molecular weight is 650 g/mol. The van der Waals surface area contributed by atoms with Crippen LogP contribution in [-0.2, 0) is 14.3 Å². The minimum Gasteiger partial charge on any atom is -0.394 e. The normalized spacial score (nSPS) is 23.8. The molecule has 9 heteroatoms. The maximum Gasteiger partial charge on any atom is 0.220 e. The van der Waals surface area contributed by atoms with E-state index in [0.717, 1.165) is 38.5 Å². The zero-order chi connectivity index (χ0) is 33.8. The number of carbonyl (C=O) groups excluding carboxylic acids is 1. The van der Waals surface area contributed by atoms with Gasteiger partial charge in [0.1, 0.15) is 24.4 Å². The van der Waals surface area contributed by atoms with E-state index in [1.165, 1.54) is 38.5 Å². The molecule has 0 aromatic rings. The summed E-state index contributed by atoms with van der Waals surface area (Å²) in [6.45, 7) is 3.53. The fourth-order valence-electron chi connectivity index (χ4n) is 4.95. The molecule has 1 heterocycles. The maximum atomic E-state index is 12.8. The number of hydrogen-bond acceptors (Lipinski definition) is 8. The number of aliphatic hydroxyl groups excluding tert-OH is 5. The molecule has 7 atom stereocenters. The van der Waals surface area contributed by atoms with Crippen molar-refractivity contribution in [1.82, 2.24) is 5.32 Å². The Morgan fingerprint density at radius 2 is 1.37 bits per heavy atom. The molecule has 1 aliphatic heterocycles. The standard InChI is InChI=1S/C37H63NO8/c1-3-5-7-9-11-13-15-16-17-19-21-23-25-27-33(41)38-30(29-45-37-36(44)35(43)34(42)32(28-39)46-37)31(40)26-24-22-20-18-14-12-10-8-6-4-2/h6,8,14,16-18,21,23-24,26,30-32,34-37,39-40,42-44H,3-5,7,9-13,15,19-20,22,25,27-29H2,1-2H3,(H,38,41)/b8-6+,17-16-,18-14+,23-21-,26-24+. The van der Waals surface area contributed by atoms with E-state index in [0.29, 0.717) is 12.8 Å². The molecule has 1 fully saturated rings. The highest BCUT2D eigenvalue weighted by Gasteiger charge is 2.44. The number of amides is 1. The van der Waals surface area contributed by atoms with Gasteiger partial charge in [-0.3, -0.25) is 4.79 Å². The van der Waals surface area contributed by atoms with E-state index in [2.05, 4.69) is 55.6 Å². The summed E-state index contributed by atoms with van der Waals surface area (Å²) >= 11 is 0. The average Bonchev–Trinajstić information content (AvgIpc) is 3.05. The van der Waals surface area contributed by atoms with Gasteiger partial charge in [0.25, 0.3) is 0 Å². The van der Waals surface area contributed by atoms with Gasteiger partial charge in [-0.05, 0) is 57.8 Å². The van der Waals surface area contributed by atoms with Gasteiger partial charge in [0, 0.05) is 6.42 Å². The van der Waals surface area contributed by atoms with Gasteiger partial charge in [-0.2, -0.15) is 0 Å². The van der Waals surface area contributed by atoms with Crippen molar-refractivity contribution >= 4 is 5.91 Å². The Balaban J connectivity index is 2.58. The molecule has 0 radical (unpaired) electrons. The number of nitrogens with one attached hydrogen (secondary N) is 1. The number of ether oxygens (including phenoxy) is 2. The summed E-state index contributed by atoms with van der Waals surface area (Å²) in [6.07, 6.45) is 27.2. The Morgan fingerprint density at radius 1 is 0.761 bits per heavy atom. The largest absolute Gasteiger partial charge is 0.394 e. The second-order valence-electron chi connectivity index (χ2n) is 11.9. The monoisotopic (exact) mass is 649 g/mol. The third-order valence-corrected chi connectivity index (χ3v) is 7.82. The predicted octanol–water partition coefficient (Wildman–Crippen LogP) is 5.32. The Kier molecular flexibility index (Phi) is 25.5. The molecule has 0 saturated carbocycles. The highest BCUT2D eigenvalue weighted by molar-refractivity contribution is 5.76. The number of rotatable bonds is 26. The van der Waals surface area contributed by atoms with Gasteiger partial charge >= 0.3 is 0 Å². The lowest BCUT2D eigenvalue weighted by Crippen LogP contribution is -2.60. The van der Waals surface area contributed by atoms with Gasteiger partial charge in [0.2, 0.25) is 5.91 Å². The summed E-state index contributed by atoms with van der Waals surface area (Å²) < 4.78 is 11.1. The molecule has 1 saturated heterocycles. The second-order valence-corrected chi connectivity index (χ2v) is 11.9. The molecule has 264 valence electrons. The van der Waals surface area contributed by atoms with Crippen LogP contribution in [0.25, 0.3) is 0 Å². The molecule has 6 N–H and O–H groups in total. The fraction of sp³-hybridized carbons (Fsp3) is 0.703. The quantitative estimate of drug-likeness (QED) is 0.0545. The molecule has 0 bridgehead atoms. The van der Waals surface area contributed by atoms with Crippen LogP contribution in [0.15, 0.2) is 60.8 Å². The van der Waals surface area contributed by atoms with Gasteiger partial charge in [0.05, 0.1) is 25.4 Å². The molecule has 0 aliphatic carbocycles. The van der Waals surface area contributed by atoms with Crippen molar-refractivity contribution in [3.05, 3.63) is 60.8 Å². The minimum atomic E-state index is -1.58. The zero-order valence-corrected chi connectivity index (χ0v) is 28.3. The molecule has 0 aromatic carbocycles. The number of unbranched alkanes of at least 4 members (excludes halogenated alkanes) is 8. The lowest BCUT2D eigenvalue weighted by atomic mass is 9.99. The van der Waals surface area contributed by atoms with Crippen LogP contribution < -0.4 is 5.32 Å². The molecule has 1 rings (SSSR count). The summed E-state index contributed by atoms with van der Waals surface area (Å²) in [6, 6.07) is -0.856. The van der Waals surface area contributed by atoms with Gasteiger partial charge in [0.15, 0.2) is 6.29 Å². The maximum absolute atomic E-state index is 12.8. The first-order chi connectivity index (χ1) is 22.3. The first kappa shape index (κ1) is 41.9. The molecular weight excluding hydrogens is 586 g/mol. The van der Waals surface area contributed by atoms with E-state index in [-0.39, 0.29) is 18.9 Å².